The Morgan fingerprint density at radius 3 is 2.70 bits per heavy atom. The maximum atomic E-state index is 6.21. The molecule has 0 aromatic heterocycles. The topological polar surface area (TPSA) is 44.9 Å². The van der Waals surface area contributed by atoms with Crippen molar-refractivity contribution in [1.82, 2.24) is 9.80 Å². The number of nitrogens with two attached hydrogens (primary N) is 1. The first-order chi connectivity index (χ1) is 11.3. The van der Waals surface area contributed by atoms with Crippen LogP contribution >= 0.6 is 11.8 Å². The molecule has 0 saturated carbocycles. The zero-order valence-electron chi connectivity index (χ0n) is 14.1. The van der Waals surface area contributed by atoms with Crippen LogP contribution in [0.4, 0.5) is 0 Å². The quantitative estimate of drug-likeness (QED) is 0.678. The Balaban J connectivity index is 1.59. The first kappa shape index (κ1) is 16.7. The summed E-state index contributed by atoms with van der Waals surface area (Å²) in [6.45, 7) is 7.32. The number of fused-ring (bicyclic) bond motifs is 1. The van der Waals surface area contributed by atoms with Gasteiger partial charge in [-0.15, -0.1) is 0 Å². The third kappa shape index (κ3) is 4.21. The van der Waals surface area contributed by atoms with E-state index in [1.165, 1.54) is 11.1 Å². The number of nitrogens with zero attached hydrogens (tertiary/aromatic N) is 3. The van der Waals surface area contributed by atoms with Crippen LogP contribution < -0.4 is 5.73 Å². The van der Waals surface area contributed by atoms with Gasteiger partial charge in [0.1, 0.15) is 0 Å². The van der Waals surface area contributed by atoms with Crippen molar-refractivity contribution < 1.29 is 0 Å². The van der Waals surface area contributed by atoms with Gasteiger partial charge in [-0.2, -0.15) is 11.8 Å². The van der Waals surface area contributed by atoms with Crippen LogP contribution in [0.3, 0.4) is 0 Å². The standard InChI is InChI=1S/C18H28N4S/c1-2-17(13-20-18(19)21-9-11-23-12-10-21)22-8-7-15-5-3-4-6-16(15)14-22/h3-6,17H,2,7-14H2,1H3,(H2,19,20). The highest BCUT2D eigenvalue weighted by molar-refractivity contribution is 7.99. The number of hydrogen-bond acceptors (Lipinski definition) is 3. The normalized spacial score (nSPS) is 21.1. The van der Waals surface area contributed by atoms with E-state index in [0.717, 1.165) is 63.0 Å². The molecule has 5 heteroatoms. The zero-order valence-corrected chi connectivity index (χ0v) is 14.9. The predicted octanol–water partition coefficient (Wildman–Crippen LogP) is 2.19. The van der Waals surface area contributed by atoms with E-state index in [1.807, 2.05) is 11.8 Å². The Morgan fingerprint density at radius 1 is 1.22 bits per heavy atom. The lowest BCUT2D eigenvalue weighted by Gasteiger charge is -2.35. The molecule has 2 heterocycles. The molecule has 0 aliphatic carbocycles. The maximum Gasteiger partial charge on any atom is 0.191 e. The molecule has 3 rings (SSSR count). The van der Waals surface area contributed by atoms with Gasteiger partial charge in [0.05, 0.1) is 6.54 Å². The monoisotopic (exact) mass is 332 g/mol. The van der Waals surface area contributed by atoms with Gasteiger partial charge in [0.15, 0.2) is 5.96 Å². The van der Waals surface area contributed by atoms with E-state index in [9.17, 15) is 0 Å². The highest BCUT2D eigenvalue weighted by atomic mass is 32.2. The number of hydrogen-bond donors (Lipinski definition) is 1. The summed E-state index contributed by atoms with van der Waals surface area (Å²) < 4.78 is 0. The van der Waals surface area contributed by atoms with Gasteiger partial charge >= 0.3 is 0 Å². The van der Waals surface area contributed by atoms with Gasteiger partial charge in [-0.05, 0) is 24.0 Å². The van der Waals surface area contributed by atoms with Crippen LogP contribution in [0.5, 0.6) is 0 Å². The second-order valence-corrected chi connectivity index (χ2v) is 7.57. The fourth-order valence-electron chi connectivity index (χ4n) is 3.42. The van der Waals surface area contributed by atoms with Gasteiger partial charge < -0.3 is 10.6 Å². The third-order valence-corrected chi connectivity index (χ3v) is 5.89. The summed E-state index contributed by atoms with van der Waals surface area (Å²) in [5.41, 5.74) is 9.19. The Labute approximate surface area is 144 Å². The molecule has 1 atom stereocenters. The van der Waals surface area contributed by atoms with Crippen LogP contribution in [0.1, 0.15) is 24.5 Å². The SMILES string of the molecule is CCC(CN=C(N)N1CCSCC1)N1CCc2ccccc2C1. The fourth-order valence-corrected chi connectivity index (χ4v) is 4.33. The molecule has 1 unspecified atom stereocenters. The van der Waals surface area contributed by atoms with E-state index in [1.54, 1.807) is 0 Å². The van der Waals surface area contributed by atoms with Crippen LogP contribution in [0.2, 0.25) is 0 Å². The smallest absolute Gasteiger partial charge is 0.191 e. The summed E-state index contributed by atoms with van der Waals surface area (Å²) in [6, 6.07) is 9.30. The Bertz CT molecular complexity index is 540. The summed E-state index contributed by atoms with van der Waals surface area (Å²) in [5, 5.41) is 0. The Morgan fingerprint density at radius 2 is 1.96 bits per heavy atom. The van der Waals surface area contributed by atoms with Gasteiger partial charge in [-0.25, -0.2) is 0 Å². The number of benzene rings is 1. The summed E-state index contributed by atoms with van der Waals surface area (Å²) in [6.07, 6.45) is 2.27. The largest absolute Gasteiger partial charge is 0.370 e. The molecule has 1 saturated heterocycles. The van der Waals surface area contributed by atoms with E-state index >= 15 is 0 Å². The zero-order chi connectivity index (χ0) is 16.1. The Hall–Kier alpha value is -1.20. The number of thioether (sulfide) groups is 1. The van der Waals surface area contributed by atoms with E-state index in [4.69, 9.17) is 10.7 Å². The molecular formula is C18H28N4S. The molecule has 0 bridgehead atoms. The summed E-state index contributed by atoms with van der Waals surface area (Å²) in [4.78, 5) is 9.53. The molecule has 2 aliphatic rings. The lowest BCUT2D eigenvalue weighted by molar-refractivity contribution is 0.178. The molecule has 0 amide bonds. The van der Waals surface area contributed by atoms with Crippen molar-refractivity contribution in [3.05, 3.63) is 35.4 Å². The third-order valence-electron chi connectivity index (χ3n) is 4.95. The summed E-state index contributed by atoms with van der Waals surface area (Å²) in [7, 11) is 0. The maximum absolute atomic E-state index is 6.21. The van der Waals surface area contributed by atoms with Gasteiger partial charge in [0.2, 0.25) is 0 Å². The highest BCUT2D eigenvalue weighted by Crippen LogP contribution is 2.21. The minimum absolute atomic E-state index is 0.487. The molecule has 2 N–H and O–H groups in total. The van der Waals surface area contributed by atoms with E-state index in [0.29, 0.717) is 6.04 Å². The fraction of sp³-hybridized carbons (Fsp3) is 0.611. The van der Waals surface area contributed by atoms with Crippen LogP contribution in [-0.4, -0.2) is 59.5 Å². The predicted molar refractivity (Wildman–Crippen MR) is 100 cm³/mol. The molecule has 1 aromatic rings. The summed E-state index contributed by atoms with van der Waals surface area (Å²) >= 11 is 2.00. The number of rotatable bonds is 4. The van der Waals surface area contributed by atoms with Crippen LogP contribution in [0.15, 0.2) is 29.3 Å². The molecule has 2 aliphatic heterocycles. The molecule has 0 radical (unpaired) electrons. The minimum Gasteiger partial charge on any atom is -0.370 e. The molecule has 23 heavy (non-hydrogen) atoms. The second kappa shape index (κ2) is 8.06. The molecule has 126 valence electrons. The van der Waals surface area contributed by atoms with E-state index in [2.05, 4.69) is 41.0 Å². The lowest BCUT2D eigenvalue weighted by Crippen LogP contribution is -2.44. The van der Waals surface area contributed by atoms with Crippen molar-refractivity contribution in [3.63, 3.8) is 0 Å². The van der Waals surface area contributed by atoms with Crippen LogP contribution in [0.25, 0.3) is 0 Å². The molecular weight excluding hydrogens is 304 g/mol. The van der Waals surface area contributed by atoms with Crippen molar-refractivity contribution >= 4 is 17.7 Å². The van der Waals surface area contributed by atoms with E-state index < -0.39 is 0 Å². The van der Waals surface area contributed by atoms with Crippen molar-refractivity contribution in [3.8, 4) is 0 Å². The van der Waals surface area contributed by atoms with Gasteiger partial charge in [-0.3, -0.25) is 9.89 Å². The molecule has 4 nitrogen and oxygen atoms in total. The van der Waals surface area contributed by atoms with Gasteiger partial charge in [0.25, 0.3) is 0 Å². The average Bonchev–Trinajstić information content (AvgIpc) is 2.62. The molecule has 1 fully saturated rings. The Kier molecular flexibility index (Phi) is 5.84. The second-order valence-electron chi connectivity index (χ2n) is 6.35. The first-order valence-corrected chi connectivity index (χ1v) is 9.87. The molecule has 1 aromatic carbocycles. The molecule has 0 spiro atoms. The van der Waals surface area contributed by atoms with Gasteiger partial charge in [-0.1, -0.05) is 31.2 Å². The minimum atomic E-state index is 0.487. The number of aliphatic imine (C=N–C) groups is 1. The van der Waals surface area contributed by atoms with Crippen LogP contribution in [-0.2, 0) is 13.0 Å². The van der Waals surface area contributed by atoms with Gasteiger partial charge in [0, 0.05) is 43.7 Å². The van der Waals surface area contributed by atoms with Crippen molar-refractivity contribution in [1.29, 1.82) is 0 Å². The first-order valence-electron chi connectivity index (χ1n) is 8.71. The average molecular weight is 333 g/mol. The number of guanidine groups is 1. The summed E-state index contributed by atoms with van der Waals surface area (Å²) in [5.74, 6) is 3.06. The van der Waals surface area contributed by atoms with Crippen molar-refractivity contribution in [2.45, 2.75) is 32.4 Å². The van der Waals surface area contributed by atoms with E-state index in [-0.39, 0.29) is 0 Å². The van der Waals surface area contributed by atoms with Crippen LogP contribution in [0, 0.1) is 0 Å². The highest BCUT2D eigenvalue weighted by Gasteiger charge is 2.22. The van der Waals surface area contributed by atoms with Crippen molar-refractivity contribution in [2.24, 2.45) is 10.7 Å². The van der Waals surface area contributed by atoms with Crippen molar-refractivity contribution in [2.75, 3.05) is 37.7 Å². The lowest BCUT2D eigenvalue weighted by atomic mass is 9.98.